The van der Waals surface area contributed by atoms with E-state index in [1.54, 1.807) is 10.9 Å². The molecule has 1 heterocycles. The van der Waals surface area contributed by atoms with Crippen LogP contribution in [-0.2, 0) is 6.54 Å². The van der Waals surface area contributed by atoms with Gasteiger partial charge in [0.2, 0.25) is 0 Å². The Morgan fingerprint density at radius 1 is 1.11 bits per heavy atom. The second kappa shape index (κ2) is 9.71. The van der Waals surface area contributed by atoms with Gasteiger partial charge in [0.25, 0.3) is 5.91 Å². The maximum absolute atomic E-state index is 12.9. The topological polar surface area (TPSA) is 68.2 Å². The van der Waals surface area contributed by atoms with E-state index in [0.29, 0.717) is 12.4 Å². The molecule has 3 aromatic rings. The molecule has 6 nitrogen and oxygen atoms in total. The van der Waals surface area contributed by atoms with Crippen molar-refractivity contribution in [1.82, 2.24) is 15.1 Å². The third kappa shape index (κ3) is 4.98. The van der Waals surface area contributed by atoms with Gasteiger partial charge in [-0.15, -0.1) is 0 Å². The minimum absolute atomic E-state index is 0.273. The van der Waals surface area contributed by atoms with Gasteiger partial charge in [-0.1, -0.05) is 44.2 Å². The lowest BCUT2D eigenvalue weighted by Gasteiger charge is -2.08. The quantitative estimate of drug-likeness (QED) is 0.590. The number of nitrogens with one attached hydrogen (secondary N) is 2. The largest absolute Gasteiger partial charge is 0.489 e. The molecule has 2 aromatic carbocycles. The Labute approximate surface area is 165 Å². The number of hydrogen-bond donors (Lipinski definition) is 2. The molecule has 0 atom stereocenters. The summed E-state index contributed by atoms with van der Waals surface area (Å²) >= 11 is 0. The highest BCUT2D eigenvalue weighted by Gasteiger charge is 2.19. The zero-order valence-corrected chi connectivity index (χ0v) is 16.3. The van der Waals surface area contributed by atoms with Crippen LogP contribution in [0.25, 0.3) is 5.69 Å². The molecule has 0 saturated heterocycles. The van der Waals surface area contributed by atoms with E-state index in [1.807, 2.05) is 61.5 Å². The molecule has 1 aromatic heterocycles. The van der Waals surface area contributed by atoms with E-state index in [-0.39, 0.29) is 11.6 Å². The van der Waals surface area contributed by atoms with Crippen molar-refractivity contribution in [3.63, 3.8) is 0 Å². The van der Waals surface area contributed by atoms with Crippen molar-refractivity contribution in [1.29, 1.82) is 0 Å². The van der Waals surface area contributed by atoms with Crippen molar-refractivity contribution in [3.8, 4) is 11.4 Å². The number of ether oxygens (including phenoxy) is 1. The van der Waals surface area contributed by atoms with Crippen LogP contribution >= 0.6 is 0 Å². The van der Waals surface area contributed by atoms with Crippen molar-refractivity contribution >= 4 is 11.6 Å². The summed E-state index contributed by atoms with van der Waals surface area (Å²) in [6.45, 7) is 6.27. The van der Waals surface area contributed by atoms with Gasteiger partial charge < -0.3 is 15.4 Å². The Bertz CT molecular complexity index is 906. The zero-order valence-electron chi connectivity index (χ0n) is 16.3. The Morgan fingerprint density at radius 2 is 1.93 bits per heavy atom. The third-order valence-electron chi connectivity index (χ3n) is 4.14. The van der Waals surface area contributed by atoms with Crippen molar-refractivity contribution in [2.45, 2.75) is 26.8 Å². The average molecular weight is 378 g/mol. The fraction of sp³-hybridized carbons (Fsp3) is 0.273. The fourth-order valence-corrected chi connectivity index (χ4v) is 2.76. The molecule has 0 saturated carbocycles. The minimum atomic E-state index is -0.290. The zero-order chi connectivity index (χ0) is 19.8. The lowest BCUT2D eigenvalue weighted by atomic mass is 10.2. The third-order valence-corrected chi connectivity index (χ3v) is 4.14. The molecule has 6 heteroatoms. The Hall–Kier alpha value is -3.12. The number of rotatable bonds is 9. The predicted octanol–water partition coefficient (Wildman–Crippen LogP) is 4.02. The van der Waals surface area contributed by atoms with Gasteiger partial charge >= 0.3 is 0 Å². The van der Waals surface area contributed by atoms with Crippen LogP contribution in [0.15, 0.2) is 60.8 Å². The van der Waals surface area contributed by atoms with E-state index in [4.69, 9.17) is 4.74 Å². The van der Waals surface area contributed by atoms with E-state index >= 15 is 0 Å². The summed E-state index contributed by atoms with van der Waals surface area (Å²) < 4.78 is 7.44. The SMILES string of the molecule is CCCOc1cn(-c2ccccc2)nc1C(=O)Nc1cccc(CNCC)c1. The number of hydrogen-bond acceptors (Lipinski definition) is 4. The number of amides is 1. The first-order valence-electron chi connectivity index (χ1n) is 9.60. The van der Waals surface area contributed by atoms with Gasteiger partial charge in [0, 0.05) is 12.2 Å². The smallest absolute Gasteiger partial charge is 0.280 e. The number of benzene rings is 2. The number of nitrogens with zero attached hydrogens (tertiary/aromatic N) is 2. The lowest BCUT2D eigenvalue weighted by molar-refractivity contribution is 0.101. The number of anilines is 1. The maximum atomic E-state index is 12.9. The molecule has 0 fully saturated rings. The Morgan fingerprint density at radius 3 is 2.68 bits per heavy atom. The second-order valence-electron chi connectivity index (χ2n) is 6.41. The van der Waals surface area contributed by atoms with Crippen LogP contribution in [0, 0.1) is 0 Å². The van der Waals surface area contributed by atoms with E-state index < -0.39 is 0 Å². The van der Waals surface area contributed by atoms with Crippen molar-refractivity contribution in [2.75, 3.05) is 18.5 Å². The maximum Gasteiger partial charge on any atom is 0.280 e. The van der Waals surface area contributed by atoms with Crippen LogP contribution < -0.4 is 15.4 Å². The first-order chi connectivity index (χ1) is 13.7. The molecular formula is C22H26N4O2. The van der Waals surface area contributed by atoms with Gasteiger partial charge in [-0.05, 0) is 42.8 Å². The summed E-state index contributed by atoms with van der Waals surface area (Å²) in [5.41, 5.74) is 2.98. The highest BCUT2D eigenvalue weighted by Crippen LogP contribution is 2.22. The molecule has 0 aliphatic rings. The van der Waals surface area contributed by atoms with E-state index in [0.717, 1.165) is 36.4 Å². The summed E-state index contributed by atoms with van der Waals surface area (Å²) in [5, 5.41) is 10.7. The van der Waals surface area contributed by atoms with Gasteiger partial charge in [-0.25, -0.2) is 4.68 Å². The molecule has 0 unspecified atom stereocenters. The number of para-hydroxylation sites is 1. The summed E-state index contributed by atoms with van der Waals surface area (Å²) in [5.74, 6) is 0.188. The first kappa shape index (κ1) is 19.6. The summed E-state index contributed by atoms with van der Waals surface area (Å²) in [4.78, 5) is 12.9. The number of aromatic nitrogens is 2. The van der Waals surface area contributed by atoms with E-state index in [1.165, 1.54) is 0 Å². The van der Waals surface area contributed by atoms with Crippen LogP contribution in [0.2, 0.25) is 0 Å². The molecule has 3 rings (SSSR count). The molecule has 0 bridgehead atoms. The molecule has 0 aliphatic heterocycles. The molecule has 146 valence electrons. The number of carbonyl (C=O) groups is 1. The van der Waals surface area contributed by atoms with Crippen LogP contribution in [0.1, 0.15) is 36.3 Å². The average Bonchev–Trinajstić information content (AvgIpc) is 3.16. The second-order valence-corrected chi connectivity index (χ2v) is 6.41. The standard InChI is InChI=1S/C22H26N4O2/c1-3-13-28-20-16-26(19-11-6-5-7-12-19)25-21(20)22(27)24-18-10-8-9-17(14-18)15-23-4-2/h5-12,14,16,23H,3-4,13,15H2,1-2H3,(H,24,27). The number of carbonyl (C=O) groups excluding carboxylic acids is 1. The lowest BCUT2D eigenvalue weighted by Crippen LogP contribution is -2.15. The molecule has 0 aliphatic carbocycles. The normalized spacial score (nSPS) is 10.6. The minimum Gasteiger partial charge on any atom is -0.489 e. The summed E-state index contributed by atoms with van der Waals surface area (Å²) in [6.07, 6.45) is 2.60. The molecule has 28 heavy (non-hydrogen) atoms. The highest BCUT2D eigenvalue weighted by atomic mass is 16.5. The van der Waals surface area contributed by atoms with Gasteiger partial charge in [-0.3, -0.25) is 4.79 Å². The summed E-state index contributed by atoms with van der Waals surface area (Å²) in [7, 11) is 0. The first-order valence-corrected chi connectivity index (χ1v) is 9.60. The van der Waals surface area contributed by atoms with Crippen LogP contribution in [0.4, 0.5) is 5.69 Å². The Kier molecular flexibility index (Phi) is 6.81. The van der Waals surface area contributed by atoms with Crippen LogP contribution in [0.3, 0.4) is 0 Å². The van der Waals surface area contributed by atoms with Gasteiger partial charge in [0.05, 0.1) is 18.5 Å². The van der Waals surface area contributed by atoms with Crippen molar-refractivity contribution in [2.24, 2.45) is 0 Å². The van der Waals surface area contributed by atoms with Gasteiger partial charge in [-0.2, -0.15) is 5.10 Å². The van der Waals surface area contributed by atoms with Gasteiger partial charge in [0.15, 0.2) is 11.4 Å². The van der Waals surface area contributed by atoms with Gasteiger partial charge in [0.1, 0.15) is 0 Å². The monoisotopic (exact) mass is 378 g/mol. The molecule has 0 spiro atoms. The van der Waals surface area contributed by atoms with Crippen LogP contribution in [-0.4, -0.2) is 28.8 Å². The highest BCUT2D eigenvalue weighted by molar-refractivity contribution is 6.04. The fourth-order valence-electron chi connectivity index (χ4n) is 2.76. The summed E-state index contributed by atoms with van der Waals surface area (Å²) in [6, 6.07) is 17.5. The molecule has 0 radical (unpaired) electrons. The predicted molar refractivity (Wildman–Crippen MR) is 111 cm³/mol. The Balaban J connectivity index is 1.82. The van der Waals surface area contributed by atoms with E-state index in [2.05, 4.69) is 22.7 Å². The molecule has 2 N–H and O–H groups in total. The van der Waals surface area contributed by atoms with E-state index in [9.17, 15) is 4.79 Å². The van der Waals surface area contributed by atoms with Crippen molar-refractivity contribution in [3.05, 3.63) is 72.1 Å². The molecular weight excluding hydrogens is 352 g/mol. The molecule has 1 amide bonds. The van der Waals surface area contributed by atoms with Crippen molar-refractivity contribution < 1.29 is 9.53 Å². The van der Waals surface area contributed by atoms with Crippen LogP contribution in [0.5, 0.6) is 5.75 Å².